The van der Waals surface area contributed by atoms with Crippen LogP contribution in [0.5, 0.6) is 5.75 Å². The summed E-state index contributed by atoms with van der Waals surface area (Å²) in [5, 5.41) is 44.5. The molecule has 5 N–H and O–H groups in total. The normalized spacial score (nSPS) is 11.0. The van der Waals surface area contributed by atoms with Crippen LogP contribution in [0, 0.1) is 11.3 Å². The van der Waals surface area contributed by atoms with E-state index in [4.69, 9.17) is 30.4 Å². The van der Waals surface area contributed by atoms with E-state index in [2.05, 4.69) is 23.5 Å². The first kappa shape index (κ1) is 32.0. The van der Waals surface area contributed by atoms with E-state index in [0.717, 1.165) is 33.7 Å². The number of benzene rings is 2. The molecule has 3 aromatic rings. The predicted octanol–water partition coefficient (Wildman–Crippen LogP) is 3.93. The molecule has 2 aromatic carbocycles. The van der Waals surface area contributed by atoms with Crippen molar-refractivity contribution in [2.24, 2.45) is 0 Å². The van der Waals surface area contributed by atoms with Crippen LogP contribution in [-0.2, 0) is 19.2 Å². The molecule has 0 unspecified atom stereocenters. The highest BCUT2D eigenvalue weighted by Gasteiger charge is 2.13. The van der Waals surface area contributed by atoms with Gasteiger partial charge in [0.05, 0.1) is 0 Å². The number of nitrogens with zero attached hydrogens (tertiary/aromatic N) is 1. The topological polar surface area (TPSA) is 194 Å². The van der Waals surface area contributed by atoms with Gasteiger partial charge in [-0.25, -0.2) is 19.2 Å². The summed E-state index contributed by atoms with van der Waals surface area (Å²) in [4.78, 5) is 38.9. The van der Waals surface area contributed by atoms with Crippen molar-refractivity contribution in [3.05, 3.63) is 89.3 Å². The van der Waals surface area contributed by atoms with Gasteiger partial charge in [-0.1, -0.05) is 30.3 Å². The zero-order valence-electron chi connectivity index (χ0n) is 20.7. The van der Waals surface area contributed by atoms with Crippen LogP contribution in [0.15, 0.2) is 78.9 Å². The van der Waals surface area contributed by atoms with E-state index in [1.54, 1.807) is 0 Å². The first-order valence-electron chi connectivity index (χ1n) is 11.1. The Bertz CT molecular complexity index is 1290. The van der Waals surface area contributed by atoms with Gasteiger partial charge in [-0.15, -0.1) is 11.3 Å². The fraction of sp³-hybridized carbons (Fsp3) is 0.148. The average Bonchev–Trinajstić information content (AvgIpc) is 3.32. The van der Waals surface area contributed by atoms with Crippen LogP contribution in [0.2, 0.25) is 0 Å². The number of nitriles is 1. The number of nitrogens with one attached hydrogen (secondary N) is 1. The van der Waals surface area contributed by atoms with Gasteiger partial charge in [0, 0.05) is 35.4 Å². The molecule has 0 saturated carbocycles. The molecule has 0 aliphatic carbocycles. The maximum absolute atomic E-state index is 9.55. The van der Waals surface area contributed by atoms with Crippen LogP contribution < -0.4 is 10.1 Å². The highest BCUT2D eigenvalue weighted by molar-refractivity contribution is 7.19. The van der Waals surface area contributed by atoms with Gasteiger partial charge in [-0.05, 0) is 48.8 Å². The number of carbonyl (C=O) groups is 4. The van der Waals surface area contributed by atoms with Crippen LogP contribution in [0.1, 0.15) is 23.0 Å². The minimum atomic E-state index is -1.26. The third-order valence-corrected chi connectivity index (χ3v) is 5.45. The van der Waals surface area contributed by atoms with Gasteiger partial charge in [0.2, 0.25) is 0 Å². The van der Waals surface area contributed by atoms with Gasteiger partial charge in [0.1, 0.15) is 22.8 Å². The summed E-state index contributed by atoms with van der Waals surface area (Å²) in [6, 6.07) is 20.4. The standard InChI is InChI=1S/C19H18N2OS.2C4H4O4/c1-21-10-9-18(14-5-3-2-4-6-14)22-16-8-7-15-11-17(13-20)23-19(15)12-16;2*5-3(6)1-2-4(7)8/h2-8,11-12,18,21H,9-10H2,1H3;2*1-2H,(H,5,6)(H,7,8)/b;2*2-1+/t18-;;/m0../s1. The lowest BCUT2D eigenvalue weighted by Gasteiger charge is -2.19. The Morgan fingerprint density at radius 3 is 1.90 bits per heavy atom. The van der Waals surface area contributed by atoms with Crippen LogP contribution >= 0.6 is 11.3 Å². The van der Waals surface area contributed by atoms with Crippen LogP contribution in [-0.4, -0.2) is 57.9 Å². The van der Waals surface area contributed by atoms with E-state index in [0.29, 0.717) is 24.3 Å². The SMILES string of the molecule is CNCC[C@H](Oc1ccc2cc(C#N)sc2c1)c1ccccc1.O=C(O)/C=C/C(=O)O.O=C(O)/C=C/C(=O)O. The summed E-state index contributed by atoms with van der Waals surface area (Å²) in [7, 11) is 1.95. The number of ether oxygens (including phenoxy) is 1. The lowest BCUT2D eigenvalue weighted by Crippen LogP contribution is -2.16. The van der Waals surface area contributed by atoms with Crippen LogP contribution in [0.3, 0.4) is 0 Å². The molecule has 39 heavy (non-hydrogen) atoms. The van der Waals surface area contributed by atoms with E-state index in [9.17, 15) is 19.2 Å². The molecule has 12 heteroatoms. The van der Waals surface area contributed by atoms with E-state index in [1.807, 2.05) is 49.5 Å². The molecule has 204 valence electrons. The van der Waals surface area contributed by atoms with Crippen molar-refractivity contribution in [3.63, 3.8) is 0 Å². The Morgan fingerprint density at radius 2 is 1.44 bits per heavy atom. The maximum atomic E-state index is 9.55. The van der Waals surface area contributed by atoms with Crippen LogP contribution in [0.25, 0.3) is 10.1 Å². The lowest BCUT2D eigenvalue weighted by molar-refractivity contribution is -0.134. The fourth-order valence-electron chi connectivity index (χ4n) is 2.83. The maximum Gasteiger partial charge on any atom is 0.328 e. The smallest absolute Gasteiger partial charge is 0.328 e. The first-order chi connectivity index (χ1) is 18.5. The number of rotatable bonds is 10. The molecule has 0 fully saturated rings. The molecular formula is C27H26N2O9S. The van der Waals surface area contributed by atoms with Gasteiger partial charge >= 0.3 is 23.9 Å². The third-order valence-electron chi connectivity index (χ3n) is 4.44. The number of hydrogen-bond acceptors (Lipinski definition) is 8. The molecule has 0 bridgehead atoms. The quantitative estimate of drug-likeness (QED) is 0.228. The minimum Gasteiger partial charge on any atom is -0.486 e. The van der Waals surface area contributed by atoms with E-state index < -0.39 is 23.9 Å². The molecule has 0 aliphatic rings. The van der Waals surface area contributed by atoms with Gasteiger partial charge < -0.3 is 30.5 Å². The summed E-state index contributed by atoms with van der Waals surface area (Å²) in [6.07, 6.45) is 3.14. The van der Waals surface area contributed by atoms with Crippen molar-refractivity contribution in [2.75, 3.05) is 13.6 Å². The summed E-state index contributed by atoms with van der Waals surface area (Å²) in [5.74, 6) is -4.19. The molecule has 0 saturated heterocycles. The van der Waals surface area contributed by atoms with Gasteiger partial charge in [0.25, 0.3) is 0 Å². The van der Waals surface area contributed by atoms with Gasteiger partial charge in [-0.2, -0.15) is 5.26 Å². The van der Waals surface area contributed by atoms with Crippen molar-refractivity contribution in [3.8, 4) is 11.8 Å². The minimum absolute atomic E-state index is 0.0106. The molecule has 11 nitrogen and oxygen atoms in total. The second-order valence-electron chi connectivity index (χ2n) is 7.35. The van der Waals surface area contributed by atoms with E-state index in [1.165, 1.54) is 16.9 Å². The van der Waals surface area contributed by atoms with E-state index >= 15 is 0 Å². The Hall–Kier alpha value is -4.99. The summed E-state index contributed by atoms with van der Waals surface area (Å²) >= 11 is 1.50. The highest BCUT2D eigenvalue weighted by atomic mass is 32.1. The Kier molecular flexibility index (Phi) is 14.3. The molecule has 1 heterocycles. The Morgan fingerprint density at radius 1 is 0.897 bits per heavy atom. The number of thiophene rings is 1. The molecule has 0 amide bonds. The Balaban J connectivity index is 0.000000393. The van der Waals surface area contributed by atoms with Crippen molar-refractivity contribution in [1.82, 2.24) is 5.32 Å². The summed E-state index contributed by atoms with van der Waals surface area (Å²) in [5.41, 5.74) is 1.17. The number of aliphatic carboxylic acids is 4. The molecule has 1 aromatic heterocycles. The van der Waals surface area contributed by atoms with E-state index in [-0.39, 0.29) is 6.10 Å². The molecule has 1 atom stereocenters. The zero-order valence-corrected chi connectivity index (χ0v) is 21.5. The third kappa shape index (κ3) is 13.8. The number of fused-ring (bicyclic) bond motifs is 1. The second-order valence-corrected chi connectivity index (χ2v) is 8.43. The molecule has 3 rings (SSSR count). The highest BCUT2D eigenvalue weighted by Crippen LogP contribution is 2.31. The van der Waals surface area contributed by atoms with Crippen molar-refractivity contribution in [2.45, 2.75) is 12.5 Å². The van der Waals surface area contributed by atoms with Crippen molar-refractivity contribution in [1.29, 1.82) is 5.26 Å². The molecule has 0 radical (unpaired) electrons. The average molecular weight is 555 g/mol. The first-order valence-corrected chi connectivity index (χ1v) is 11.9. The Labute approximate surface area is 227 Å². The summed E-state index contributed by atoms with van der Waals surface area (Å²) in [6.45, 7) is 0.888. The van der Waals surface area contributed by atoms with Gasteiger partial charge in [-0.3, -0.25) is 0 Å². The molecule has 0 spiro atoms. The number of carboxylic acid groups (broad SMARTS) is 4. The predicted molar refractivity (Wildman–Crippen MR) is 144 cm³/mol. The molecular weight excluding hydrogens is 528 g/mol. The van der Waals surface area contributed by atoms with Crippen molar-refractivity contribution < 1.29 is 44.3 Å². The molecule has 0 aliphatic heterocycles. The monoisotopic (exact) mass is 554 g/mol. The fourth-order valence-corrected chi connectivity index (χ4v) is 3.71. The second kappa shape index (κ2) is 17.5. The van der Waals surface area contributed by atoms with Crippen molar-refractivity contribution >= 4 is 45.3 Å². The summed E-state index contributed by atoms with van der Waals surface area (Å²) < 4.78 is 7.32. The lowest BCUT2D eigenvalue weighted by atomic mass is 10.1. The van der Waals surface area contributed by atoms with Gasteiger partial charge in [0.15, 0.2) is 0 Å². The van der Waals surface area contributed by atoms with Crippen LogP contribution in [0.4, 0.5) is 0 Å². The number of hydrogen-bond donors (Lipinski definition) is 5. The number of carboxylic acids is 4. The zero-order chi connectivity index (χ0) is 29.2. The largest absolute Gasteiger partial charge is 0.486 e.